The summed E-state index contributed by atoms with van der Waals surface area (Å²) >= 11 is 0. The molecule has 1 aliphatic carbocycles. The maximum Gasteiger partial charge on any atom is 0.0944 e. The van der Waals surface area contributed by atoms with Gasteiger partial charge in [-0.1, -0.05) is 0 Å². The first-order chi connectivity index (χ1) is 4.38. The smallest absolute Gasteiger partial charge is 0.0944 e. The lowest BCUT2D eigenvalue weighted by atomic mass is 10.0. The van der Waals surface area contributed by atoms with E-state index in [0.29, 0.717) is 18.1 Å². The Morgan fingerprint density at radius 3 is 3.00 bits per heavy atom. The highest BCUT2D eigenvalue weighted by molar-refractivity contribution is 4.91. The van der Waals surface area contributed by atoms with E-state index in [1.54, 1.807) is 0 Å². The molecule has 0 aromatic carbocycles. The first-order valence-corrected chi connectivity index (χ1v) is 3.52. The molecule has 0 spiro atoms. The average Bonchev–Trinajstić information content (AvgIpc) is 2.19. The monoisotopic (exact) mass is 128 g/mol. The fourth-order valence-corrected chi connectivity index (χ4v) is 1.70. The van der Waals surface area contributed by atoms with Crippen molar-refractivity contribution in [3.63, 3.8) is 0 Å². The minimum absolute atomic E-state index is 0.295. The van der Waals surface area contributed by atoms with Crippen molar-refractivity contribution in [3.05, 3.63) is 0 Å². The molecule has 2 bridgehead atoms. The Morgan fingerprint density at radius 1 is 1.44 bits per heavy atom. The van der Waals surface area contributed by atoms with E-state index < -0.39 is 0 Å². The lowest BCUT2D eigenvalue weighted by Gasteiger charge is -2.26. The van der Waals surface area contributed by atoms with Crippen LogP contribution in [0.3, 0.4) is 0 Å². The molecule has 0 radical (unpaired) electrons. The van der Waals surface area contributed by atoms with Gasteiger partial charge in [0.1, 0.15) is 0 Å². The lowest BCUT2D eigenvalue weighted by Crippen LogP contribution is -2.47. The van der Waals surface area contributed by atoms with Crippen molar-refractivity contribution in [1.82, 2.24) is 5.48 Å². The van der Waals surface area contributed by atoms with Gasteiger partial charge in [-0.2, -0.15) is 0 Å². The minimum atomic E-state index is 0.295. The van der Waals surface area contributed by atoms with Crippen LogP contribution in [0.25, 0.3) is 0 Å². The van der Waals surface area contributed by atoms with Crippen molar-refractivity contribution in [3.8, 4) is 0 Å². The van der Waals surface area contributed by atoms with Crippen LogP contribution in [0.5, 0.6) is 0 Å². The lowest BCUT2D eigenvalue weighted by molar-refractivity contribution is -0.0587. The van der Waals surface area contributed by atoms with E-state index in [1.165, 1.54) is 6.42 Å². The highest BCUT2D eigenvalue weighted by Gasteiger charge is 2.37. The van der Waals surface area contributed by atoms with E-state index in [1.807, 2.05) is 0 Å². The number of nitrogens with two attached hydrogens (primary N) is 1. The van der Waals surface area contributed by atoms with E-state index in [2.05, 4.69) is 5.48 Å². The largest absolute Gasteiger partial charge is 0.325 e. The highest BCUT2D eigenvalue weighted by Crippen LogP contribution is 2.28. The fraction of sp³-hybridized carbons (Fsp3) is 1.00. The number of fused-ring (bicyclic) bond motifs is 2. The highest BCUT2D eigenvalue weighted by atomic mass is 16.7. The summed E-state index contributed by atoms with van der Waals surface area (Å²) in [6, 6.07) is 0.297. The summed E-state index contributed by atoms with van der Waals surface area (Å²) in [7, 11) is 0. The van der Waals surface area contributed by atoms with E-state index in [-0.39, 0.29) is 0 Å². The zero-order chi connectivity index (χ0) is 6.27. The first-order valence-electron chi connectivity index (χ1n) is 3.52. The molecule has 2 rings (SSSR count). The van der Waals surface area contributed by atoms with E-state index in [0.717, 1.165) is 13.0 Å². The maximum atomic E-state index is 5.82. The molecule has 1 aliphatic heterocycles. The predicted octanol–water partition coefficient (Wildman–Crippen LogP) is -0.373. The summed E-state index contributed by atoms with van der Waals surface area (Å²) in [6.45, 7) is 0.942. The molecule has 2 fully saturated rings. The number of hydroxylamine groups is 1. The van der Waals surface area contributed by atoms with Crippen LogP contribution in [0.2, 0.25) is 0 Å². The summed E-state index contributed by atoms with van der Waals surface area (Å²) in [5.41, 5.74) is 8.72. The molecule has 1 saturated carbocycles. The second-order valence-electron chi connectivity index (χ2n) is 2.92. The third-order valence-corrected chi connectivity index (χ3v) is 2.38. The van der Waals surface area contributed by atoms with Crippen LogP contribution in [-0.2, 0) is 4.84 Å². The van der Waals surface area contributed by atoms with Gasteiger partial charge in [-0.05, 0) is 18.8 Å². The summed E-state index contributed by atoms with van der Waals surface area (Å²) in [5, 5.41) is 0. The van der Waals surface area contributed by atoms with Gasteiger partial charge in [-0.3, -0.25) is 4.84 Å². The minimum Gasteiger partial charge on any atom is -0.325 e. The molecular weight excluding hydrogens is 116 g/mol. The molecule has 52 valence electrons. The van der Waals surface area contributed by atoms with Crippen LogP contribution in [-0.4, -0.2) is 18.7 Å². The van der Waals surface area contributed by atoms with Crippen LogP contribution < -0.4 is 11.2 Å². The van der Waals surface area contributed by atoms with Crippen LogP contribution in [0, 0.1) is 5.92 Å². The maximum absolute atomic E-state index is 5.82. The molecule has 1 heterocycles. The molecular formula is C6H12N2O. The number of hydrogen-bond donors (Lipinski definition) is 2. The Kier molecular flexibility index (Phi) is 1.22. The van der Waals surface area contributed by atoms with Gasteiger partial charge in [-0.15, -0.1) is 0 Å². The zero-order valence-corrected chi connectivity index (χ0v) is 5.34. The third kappa shape index (κ3) is 0.764. The van der Waals surface area contributed by atoms with Gasteiger partial charge in [0.2, 0.25) is 0 Å². The molecule has 1 saturated heterocycles. The zero-order valence-electron chi connectivity index (χ0n) is 5.34. The van der Waals surface area contributed by atoms with Crippen LogP contribution in [0.4, 0.5) is 0 Å². The normalized spacial score (nSPS) is 49.7. The number of hydrogen-bond acceptors (Lipinski definition) is 3. The quantitative estimate of drug-likeness (QED) is 0.468. The van der Waals surface area contributed by atoms with Gasteiger partial charge in [0.15, 0.2) is 0 Å². The van der Waals surface area contributed by atoms with Crippen molar-refractivity contribution in [1.29, 1.82) is 0 Å². The van der Waals surface area contributed by atoms with Gasteiger partial charge in [-0.25, -0.2) is 5.48 Å². The summed E-state index contributed by atoms with van der Waals surface area (Å²) in [4.78, 5) is 5.21. The van der Waals surface area contributed by atoms with Gasteiger partial charge in [0.05, 0.1) is 6.10 Å². The molecule has 0 aromatic heterocycles. The predicted molar refractivity (Wildman–Crippen MR) is 33.6 cm³/mol. The molecule has 9 heavy (non-hydrogen) atoms. The molecule has 3 N–H and O–H groups in total. The molecule has 3 atom stereocenters. The van der Waals surface area contributed by atoms with Crippen molar-refractivity contribution >= 4 is 0 Å². The topological polar surface area (TPSA) is 47.3 Å². The second kappa shape index (κ2) is 1.94. The summed E-state index contributed by atoms with van der Waals surface area (Å²) < 4.78 is 0. The van der Waals surface area contributed by atoms with E-state index in [4.69, 9.17) is 10.6 Å². The second-order valence-corrected chi connectivity index (χ2v) is 2.92. The van der Waals surface area contributed by atoms with E-state index in [9.17, 15) is 0 Å². The summed E-state index contributed by atoms with van der Waals surface area (Å²) in [5.74, 6) is 0.670. The molecule has 0 aromatic rings. The van der Waals surface area contributed by atoms with Gasteiger partial charge < -0.3 is 5.73 Å². The average molecular weight is 128 g/mol. The van der Waals surface area contributed by atoms with Gasteiger partial charge >= 0.3 is 0 Å². The molecule has 2 aliphatic rings. The Balaban J connectivity index is 2.10. The molecule has 3 heteroatoms. The standard InChI is InChI=1S/C6H12N2O/c7-6-4-1-2-5(6)9-8-3-4/h4-6,8H,1-3,7H2. The van der Waals surface area contributed by atoms with Crippen LogP contribution in [0.1, 0.15) is 12.8 Å². The Morgan fingerprint density at radius 2 is 2.33 bits per heavy atom. The van der Waals surface area contributed by atoms with Crippen LogP contribution in [0.15, 0.2) is 0 Å². The molecule has 3 unspecified atom stereocenters. The van der Waals surface area contributed by atoms with Crippen molar-refractivity contribution in [2.24, 2.45) is 11.7 Å². The molecule has 0 amide bonds. The Labute approximate surface area is 54.5 Å². The number of rotatable bonds is 0. The summed E-state index contributed by atoms with van der Waals surface area (Å²) in [6.07, 6.45) is 2.67. The van der Waals surface area contributed by atoms with Crippen molar-refractivity contribution in [2.45, 2.75) is 25.0 Å². The Hall–Kier alpha value is -0.120. The first kappa shape index (κ1) is 5.65. The van der Waals surface area contributed by atoms with Crippen molar-refractivity contribution in [2.75, 3.05) is 6.54 Å². The van der Waals surface area contributed by atoms with Gasteiger partial charge in [0.25, 0.3) is 0 Å². The molecule has 3 nitrogen and oxygen atoms in total. The Bertz CT molecular complexity index is 102. The third-order valence-electron chi connectivity index (χ3n) is 2.38. The van der Waals surface area contributed by atoms with E-state index >= 15 is 0 Å². The van der Waals surface area contributed by atoms with Gasteiger partial charge in [0, 0.05) is 12.6 Å². The van der Waals surface area contributed by atoms with Crippen LogP contribution >= 0.6 is 0 Å². The number of nitrogens with one attached hydrogen (secondary N) is 1. The van der Waals surface area contributed by atoms with Crippen molar-refractivity contribution < 1.29 is 4.84 Å². The fourth-order valence-electron chi connectivity index (χ4n) is 1.70. The SMILES string of the molecule is NC1C2CCC1ONC2.